The summed E-state index contributed by atoms with van der Waals surface area (Å²) < 4.78 is 7.06. The van der Waals surface area contributed by atoms with Crippen molar-refractivity contribution in [2.45, 2.75) is 13.5 Å². The second-order valence-corrected chi connectivity index (χ2v) is 4.95. The van der Waals surface area contributed by atoms with Gasteiger partial charge in [0.2, 0.25) is 0 Å². The first-order chi connectivity index (χ1) is 10.1. The van der Waals surface area contributed by atoms with Gasteiger partial charge in [-0.15, -0.1) is 0 Å². The van der Waals surface area contributed by atoms with Crippen LogP contribution in [0.2, 0.25) is 0 Å². The van der Waals surface area contributed by atoms with E-state index in [0.717, 1.165) is 33.8 Å². The van der Waals surface area contributed by atoms with E-state index < -0.39 is 0 Å². The molecule has 0 aliphatic rings. The smallest absolute Gasteiger partial charge is 0.139 e. The number of nitrogens with two attached hydrogens (primary N) is 1. The molecule has 108 valence electrons. The lowest BCUT2D eigenvalue weighted by molar-refractivity contribution is 0.281. The van der Waals surface area contributed by atoms with Crippen LogP contribution in [0.3, 0.4) is 0 Å². The van der Waals surface area contributed by atoms with E-state index in [1.165, 1.54) is 0 Å². The molecule has 0 atom stereocenters. The molecule has 0 fully saturated rings. The highest BCUT2D eigenvalue weighted by Crippen LogP contribution is 2.30. The normalized spacial score (nSPS) is 11.0. The molecule has 1 aromatic carbocycles. The van der Waals surface area contributed by atoms with Gasteiger partial charge in [-0.1, -0.05) is 6.07 Å². The Morgan fingerprint density at radius 2 is 2.10 bits per heavy atom. The fraction of sp³-hybridized carbons (Fsp3) is 0.188. The molecule has 0 aliphatic heterocycles. The van der Waals surface area contributed by atoms with E-state index in [4.69, 9.17) is 10.5 Å². The largest absolute Gasteiger partial charge is 0.496 e. The molecule has 0 radical (unpaired) electrons. The first-order valence-electron chi connectivity index (χ1n) is 6.66. The molecule has 3 rings (SSSR count). The number of pyridine rings is 1. The summed E-state index contributed by atoms with van der Waals surface area (Å²) in [5.74, 6) is 1.40. The van der Waals surface area contributed by atoms with Crippen LogP contribution in [0.1, 0.15) is 11.1 Å². The molecule has 0 saturated heterocycles. The number of aliphatic hydroxyl groups excluding tert-OH is 1. The van der Waals surface area contributed by atoms with E-state index in [-0.39, 0.29) is 6.61 Å². The number of rotatable bonds is 3. The Morgan fingerprint density at radius 3 is 2.76 bits per heavy atom. The summed E-state index contributed by atoms with van der Waals surface area (Å²) in [5, 5.41) is 9.22. The van der Waals surface area contributed by atoms with E-state index in [1.54, 1.807) is 17.7 Å². The molecule has 3 aromatic rings. The lowest BCUT2D eigenvalue weighted by Crippen LogP contribution is -1.96. The van der Waals surface area contributed by atoms with Crippen molar-refractivity contribution in [3.63, 3.8) is 0 Å². The first-order valence-corrected chi connectivity index (χ1v) is 6.66. The fourth-order valence-electron chi connectivity index (χ4n) is 2.44. The van der Waals surface area contributed by atoms with Gasteiger partial charge in [0.1, 0.15) is 22.9 Å². The molecule has 5 nitrogen and oxygen atoms in total. The van der Waals surface area contributed by atoms with Crippen LogP contribution in [-0.2, 0) is 6.61 Å². The van der Waals surface area contributed by atoms with Gasteiger partial charge in [-0.2, -0.15) is 0 Å². The summed E-state index contributed by atoms with van der Waals surface area (Å²) in [5.41, 5.74) is 10.5. The zero-order valence-corrected chi connectivity index (χ0v) is 12.0. The third kappa shape index (κ3) is 2.21. The number of fused-ring (bicyclic) bond motifs is 1. The number of benzene rings is 1. The topological polar surface area (TPSA) is 72.8 Å². The maximum atomic E-state index is 9.22. The minimum absolute atomic E-state index is 0.0233. The maximum absolute atomic E-state index is 9.22. The summed E-state index contributed by atoms with van der Waals surface area (Å²) in [6.07, 6.45) is 1.80. The molecule has 2 heterocycles. The van der Waals surface area contributed by atoms with Crippen LogP contribution >= 0.6 is 0 Å². The number of ether oxygens (including phenoxy) is 1. The van der Waals surface area contributed by atoms with Gasteiger partial charge in [0, 0.05) is 11.8 Å². The van der Waals surface area contributed by atoms with Crippen LogP contribution in [-0.4, -0.2) is 21.6 Å². The predicted molar refractivity (Wildman–Crippen MR) is 82.3 cm³/mol. The number of hydrogen-bond donors (Lipinski definition) is 2. The summed E-state index contributed by atoms with van der Waals surface area (Å²) in [4.78, 5) is 4.57. The van der Waals surface area contributed by atoms with Crippen molar-refractivity contribution in [1.29, 1.82) is 0 Å². The zero-order valence-electron chi connectivity index (χ0n) is 12.0. The second kappa shape index (κ2) is 5.10. The summed E-state index contributed by atoms with van der Waals surface area (Å²) in [7, 11) is 1.65. The zero-order chi connectivity index (χ0) is 15.0. The third-order valence-corrected chi connectivity index (χ3v) is 3.57. The Balaban J connectivity index is 2.16. The van der Waals surface area contributed by atoms with Gasteiger partial charge in [0.25, 0.3) is 0 Å². The SMILES string of the molecule is COc1ccc(-c2nc3ccc(CO)cn3c2N)cc1C. The Kier molecular flexibility index (Phi) is 3.27. The van der Waals surface area contributed by atoms with E-state index in [1.807, 2.05) is 37.3 Å². The lowest BCUT2D eigenvalue weighted by atomic mass is 10.1. The molecule has 0 amide bonds. The number of imidazole rings is 1. The number of aromatic nitrogens is 2. The van der Waals surface area contributed by atoms with Gasteiger partial charge >= 0.3 is 0 Å². The van der Waals surface area contributed by atoms with Crippen molar-refractivity contribution in [3.05, 3.63) is 47.7 Å². The van der Waals surface area contributed by atoms with Gasteiger partial charge in [-0.25, -0.2) is 4.98 Å². The summed E-state index contributed by atoms with van der Waals surface area (Å²) >= 11 is 0. The highest BCUT2D eigenvalue weighted by molar-refractivity contribution is 5.76. The van der Waals surface area contributed by atoms with Gasteiger partial charge in [-0.05, 0) is 42.3 Å². The summed E-state index contributed by atoms with van der Waals surface area (Å²) in [6, 6.07) is 9.54. The van der Waals surface area contributed by atoms with Crippen molar-refractivity contribution in [3.8, 4) is 17.0 Å². The Labute approximate surface area is 122 Å². The quantitative estimate of drug-likeness (QED) is 0.774. The minimum Gasteiger partial charge on any atom is -0.496 e. The molecule has 21 heavy (non-hydrogen) atoms. The Hall–Kier alpha value is -2.53. The fourth-order valence-corrected chi connectivity index (χ4v) is 2.44. The molecular weight excluding hydrogens is 266 g/mol. The second-order valence-electron chi connectivity index (χ2n) is 4.95. The van der Waals surface area contributed by atoms with Gasteiger partial charge < -0.3 is 15.6 Å². The van der Waals surface area contributed by atoms with Crippen molar-refractivity contribution >= 4 is 11.5 Å². The molecule has 0 unspecified atom stereocenters. The van der Waals surface area contributed by atoms with Crippen molar-refractivity contribution in [2.75, 3.05) is 12.8 Å². The number of anilines is 1. The Morgan fingerprint density at radius 1 is 1.29 bits per heavy atom. The number of nitrogen functional groups attached to an aromatic ring is 1. The van der Waals surface area contributed by atoms with Crippen molar-refractivity contribution < 1.29 is 9.84 Å². The van der Waals surface area contributed by atoms with Crippen LogP contribution in [0.4, 0.5) is 5.82 Å². The van der Waals surface area contributed by atoms with Crippen LogP contribution < -0.4 is 10.5 Å². The summed E-state index contributed by atoms with van der Waals surface area (Å²) in [6.45, 7) is 1.96. The van der Waals surface area contributed by atoms with E-state index in [2.05, 4.69) is 4.98 Å². The standard InChI is InChI=1S/C16H17N3O2/c1-10-7-12(4-5-13(10)21-2)15-16(17)19-8-11(9-20)3-6-14(19)18-15/h3-8,20H,9,17H2,1-2H3. The highest BCUT2D eigenvalue weighted by Gasteiger charge is 2.12. The molecule has 5 heteroatoms. The number of nitrogens with zero attached hydrogens (tertiary/aromatic N) is 2. The first kappa shape index (κ1) is 13.5. The Bertz CT molecular complexity index is 809. The number of aliphatic hydroxyl groups is 1. The average Bonchev–Trinajstić information content (AvgIpc) is 2.83. The molecule has 0 saturated carbocycles. The van der Waals surface area contributed by atoms with E-state index in [9.17, 15) is 5.11 Å². The lowest BCUT2D eigenvalue weighted by Gasteiger charge is -2.06. The molecule has 0 bridgehead atoms. The number of methoxy groups -OCH3 is 1. The van der Waals surface area contributed by atoms with Crippen LogP contribution in [0.15, 0.2) is 36.5 Å². The molecule has 0 aliphatic carbocycles. The van der Waals surface area contributed by atoms with Crippen LogP contribution in [0.25, 0.3) is 16.9 Å². The number of aryl methyl sites for hydroxylation is 1. The highest BCUT2D eigenvalue weighted by atomic mass is 16.5. The van der Waals surface area contributed by atoms with Gasteiger partial charge in [0.05, 0.1) is 13.7 Å². The predicted octanol–water partition coefficient (Wildman–Crippen LogP) is 2.39. The van der Waals surface area contributed by atoms with Crippen molar-refractivity contribution in [1.82, 2.24) is 9.38 Å². The average molecular weight is 283 g/mol. The van der Waals surface area contributed by atoms with E-state index in [0.29, 0.717) is 5.82 Å². The maximum Gasteiger partial charge on any atom is 0.139 e. The van der Waals surface area contributed by atoms with Gasteiger partial charge in [-0.3, -0.25) is 4.40 Å². The molecular formula is C16H17N3O2. The van der Waals surface area contributed by atoms with Gasteiger partial charge in [0.15, 0.2) is 0 Å². The van der Waals surface area contributed by atoms with Crippen molar-refractivity contribution in [2.24, 2.45) is 0 Å². The monoisotopic (exact) mass is 283 g/mol. The number of hydrogen-bond acceptors (Lipinski definition) is 4. The van der Waals surface area contributed by atoms with E-state index >= 15 is 0 Å². The minimum atomic E-state index is -0.0233. The third-order valence-electron chi connectivity index (χ3n) is 3.57. The van der Waals surface area contributed by atoms with Crippen LogP contribution in [0, 0.1) is 6.92 Å². The van der Waals surface area contributed by atoms with Crippen LogP contribution in [0.5, 0.6) is 5.75 Å². The molecule has 2 aromatic heterocycles. The molecule has 3 N–H and O–H groups in total. The molecule has 0 spiro atoms.